The molecular weight excluding hydrogens is 510 g/mol. The van der Waals surface area contributed by atoms with Gasteiger partial charge in [0, 0.05) is 22.4 Å². The Morgan fingerprint density at radius 3 is 1.79 bits per heavy atom. The molecule has 0 aromatic heterocycles. The third kappa shape index (κ3) is 7.37. The molecule has 0 radical (unpaired) electrons. The van der Waals surface area contributed by atoms with Crippen LogP contribution >= 0.6 is 0 Å². The largest absolute Gasteiger partial charge is 0.478 e. The maximum Gasteiger partial charge on any atom is 0.391 e. The minimum Gasteiger partial charge on any atom is -0.478 e. The average molecular weight is 542 g/mol. The van der Waals surface area contributed by atoms with Crippen molar-refractivity contribution in [2.45, 2.75) is 75.7 Å². The fraction of sp³-hybridized carbons (Fsp3) is 0.481. The van der Waals surface area contributed by atoms with E-state index in [-0.39, 0.29) is 65.1 Å². The van der Waals surface area contributed by atoms with E-state index in [9.17, 15) is 42.2 Å². The Labute approximate surface area is 217 Å². The first kappa shape index (κ1) is 30.9. The number of fused-ring (bicyclic) bond motifs is 1. The van der Waals surface area contributed by atoms with Crippen molar-refractivity contribution < 1.29 is 47.0 Å². The first-order chi connectivity index (χ1) is 17.9. The first-order valence-electron chi connectivity index (χ1n) is 12.2. The molecule has 0 saturated heterocycles. The number of carboxylic acids is 2. The maximum atomic E-state index is 13.0. The number of carboxylic acid groups (broad SMARTS) is 2. The lowest BCUT2D eigenvalue weighted by Gasteiger charge is -2.31. The molecule has 2 fully saturated rings. The Morgan fingerprint density at radius 1 is 0.842 bits per heavy atom. The van der Waals surface area contributed by atoms with E-state index in [1.54, 1.807) is 0 Å². The molecule has 0 amide bonds. The van der Waals surface area contributed by atoms with E-state index in [4.69, 9.17) is 10.5 Å². The van der Waals surface area contributed by atoms with Gasteiger partial charge in [0.1, 0.15) is 13.0 Å². The molecule has 0 atom stereocenters. The number of alkyl halides is 4. The number of carbonyl (C=O) groups is 4. The topological polar surface area (TPSA) is 135 Å². The van der Waals surface area contributed by atoms with E-state index >= 15 is 0 Å². The molecule has 0 heterocycles. The number of aromatic carboxylic acids is 2. The van der Waals surface area contributed by atoms with E-state index in [0.717, 1.165) is 12.8 Å². The summed E-state index contributed by atoms with van der Waals surface area (Å²) in [6.07, 6.45) is -1.01. The predicted molar refractivity (Wildman–Crippen MR) is 132 cm³/mol. The molecule has 11 heteroatoms. The van der Waals surface area contributed by atoms with Crippen molar-refractivity contribution in [1.82, 2.24) is 0 Å². The van der Waals surface area contributed by atoms with E-state index in [1.165, 1.54) is 24.3 Å². The van der Waals surface area contributed by atoms with Crippen LogP contribution in [-0.2, 0) is 4.79 Å². The number of benzene rings is 2. The highest BCUT2D eigenvalue weighted by molar-refractivity contribution is 6.16. The summed E-state index contributed by atoms with van der Waals surface area (Å²) in [6.45, 7) is 2.00. The molecule has 0 spiro atoms. The minimum atomic E-state index is -4.27. The van der Waals surface area contributed by atoms with Crippen LogP contribution in [0.15, 0.2) is 24.3 Å². The van der Waals surface area contributed by atoms with Gasteiger partial charge in [-0.2, -0.15) is 13.2 Å². The second-order valence-electron chi connectivity index (χ2n) is 9.49. The van der Waals surface area contributed by atoms with E-state index in [0.29, 0.717) is 24.7 Å². The van der Waals surface area contributed by atoms with Crippen LogP contribution in [0.3, 0.4) is 0 Å². The third-order valence-corrected chi connectivity index (χ3v) is 7.14. The molecule has 0 bridgehead atoms. The lowest BCUT2D eigenvalue weighted by atomic mass is 9.76. The lowest BCUT2D eigenvalue weighted by Crippen LogP contribution is -2.27. The molecule has 2 aliphatic rings. The van der Waals surface area contributed by atoms with Gasteiger partial charge in [0.15, 0.2) is 6.29 Å². The number of halogens is 4. The summed E-state index contributed by atoms with van der Waals surface area (Å²) < 4.78 is 51.2. The van der Waals surface area contributed by atoms with E-state index in [1.807, 2.05) is 6.79 Å². The Morgan fingerprint density at radius 2 is 1.34 bits per heavy atom. The zero-order valence-corrected chi connectivity index (χ0v) is 20.7. The Hall–Kier alpha value is -3.34. The second kappa shape index (κ2) is 13.5. The highest BCUT2D eigenvalue weighted by Crippen LogP contribution is 2.45. The van der Waals surface area contributed by atoms with E-state index in [2.05, 4.69) is 0 Å². The number of hydrogen-bond donors (Lipinski definition) is 3. The zero-order chi connectivity index (χ0) is 28.6. The van der Waals surface area contributed by atoms with Crippen molar-refractivity contribution in [3.05, 3.63) is 46.5 Å². The molecule has 7 nitrogen and oxygen atoms in total. The molecule has 0 aliphatic heterocycles. The number of rotatable bonds is 4. The monoisotopic (exact) mass is 541 g/mol. The molecule has 0 unspecified atom stereocenters. The van der Waals surface area contributed by atoms with Crippen LogP contribution in [0.1, 0.15) is 93.9 Å². The summed E-state index contributed by atoms with van der Waals surface area (Å²) in [6, 6.07) is 5.50. The van der Waals surface area contributed by atoms with Crippen molar-refractivity contribution in [3.63, 3.8) is 0 Å². The second-order valence-corrected chi connectivity index (χ2v) is 9.49. The third-order valence-electron chi connectivity index (χ3n) is 7.14. The predicted octanol–water partition coefficient (Wildman–Crippen LogP) is 5.93. The Bertz CT molecular complexity index is 1130. The van der Waals surface area contributed by atoms with Gasteiger partial charge in [-0.1, -0.05) is 12.1 Å². The first-order valence-corrected chi connectivity index (χ1v) is 12.2. The summed E-state index contributed by atoms with van der Waals surface area (Å²) in [4.78, 5) is 42.8. The van der Waals surface area contributed by atoms with Crippen LogP contribution in [0, 0.1) is 5.92 Å². The molecule has 2 aromatic carbocycles. The van der Waals surface area contributed by atoms with Crippen LogP contribution in [-0.4, -0.2) is 53.6 Å². The van der Waals surface area contributed by atoms with Gasteiger partial charge < -0.3 is 20.7 Å². The van der Waals surface area contributed by atoms with Gasteiger partial charge in [0.2, 0.25) is 0 Å². The number of aldehydes is 1. The number of hydrogen-bond acceptors (Lipinski definition) is 5. The summed E-state index contributed by atoms with van der Waals surface area (Å²) in [7, 11) is 0. The standard InChI is InChI=1S/C20H17F3O5.C6H12FN.CH2O/c21-20(22,23)12-4-1-10(2-5-12)13-7-8-14(18(25)26)16-11(9-24)3-6-15(17(13)16)19(27)28;7-5-1-3-6(8)4-2-5;1-2/h3,6-10,12H,1-2,4-5H2,(H,25,26)(H,27,28);5-6H,1-4,8H2;1H2. The van der Waals surface area contributed by atoms with E-state index < -0.39 is 30.2 Å². The fourth-order valence-electron chi connectivity index (χ4n) is 5.15. The highest BCUT2D eigenvalue weighted by Gasteiger charge is 2.42. The van der Waals surface area contributed by atoms with Crippen LogP contribution in [0.25, 0.3) is 10.8 Å². The SMILES string of the molecule is C=O.NC1CCC(F)CC1.O=Cc1ccc(C(=O)O)c2c(C3CCC(C(F)(F)F)CC3)ccc(C(=O)O)c12. The molecule has 38 heavy (non-hydrogen) atoms. The van der Waals surface area contributed by atoms with Gasteiger partial charge in [0.25, 0.3) is 0 Å². The summed E-state index contributed by atoms with van der Waals surface area (Å²) in [5, 5.41) is 19.2. The Balaban J connectivity index is 0.000000428. The van der Waals surface area contributed by atoms with Crippen molar-refractivity contribution in [1.29, 1.82) is 0 Å². The lowest BCUT2D eigenvalue weighted by molar-refractivity contribution is -0.182. The molecule has 4 rings (SSSR count). The van der Waals surface area contributed by atoms with Crippen molar-refractivity contribution in [3.8, 4) is 0 Å². The normalized spacial score (nSPS) is 23.3. The highest BCUT2D eigenvalue weighted by atomic mass is 19.4. The van der Waals surface area contributed by atoms with Gasteiger partial charge >= 0.3 is 18.1 Å². The summed E-state index contributed by atoms with van der Waals surface area (Å²) >= 11 is 0. The quantitative estimate of drug-likeness (QED) is 0.323. The number of nitrogens with two attached hydrogens (primary N) is 1. The molecule has 2 saturated carbocycles. The van der Waals surface area contributed by atoms with Crippen LogP contribution < -0.4 is 5.73 Å². The molecule has 4 N–H and O–H groups in total. The molecule has 2 aromatic rings. The van der Waals surface area contributed by atoms with Crippen LogP contribution in [0.4, 0.5) is 17.6 Å². The van der Waals surface area contributed by atoms with Gasteiger partial charge in [-0.05, 0) is 75.0 Å². The van der Waals surface area contributed by atoms with Gasteiger partial charge in [0.05, 0.1) is 17.0 Å². The van der Waals surface area contributed by atoms with Crippen molar-refractivity contribution in [2.24, 2.45) is 11.7 Å². The number of carbonyl (C=O) groups excluding carboxylic acids is 2. The fourth-order valence-corrected chi connectivity index (χ4v) is 5.15. The zero-order valence-electron chi connectivity index (χ0n) is 20.7. The average Bonchev–Trinajstić information content (AvgIpc) is 2.90. The van der Waals surface area contributed by atoms with Crippen LogP contribution in [0.2, 0.25) is 0 Å². The summed E-state index contributed by atoms with van der Waals surface area (Å²) in [5.74, 6) is -4.35. The van der Waals surface area contributed by atoms with Crippen LogP contribution in [0.5, 0.6) is 0 Å². The van der Waals surface area contributed by atoms with Gasteiger partial charge in [-0.15, -0.1) is 0 Å². The Kier molecular flexibility index (Phi) is 10.9. The van der Waals surface area contributed by atoms with Gasteiger partial charge in [-0.25, -0.2) is 14.0 Å². The minimum absolute atomic E-state index is 0.0119. The summed E-state index contributed by atoms with van der Waals surface area (Å²) in [5.41, 5.74) is 5.65. The molecule has 2 aliphatic carbocycles. The van der Waals surface area contributed by atoms with Crippen molar-refractivity contribution >= 4 is 35.8 Å². The van der Waals surface area contributed by atoms with Crippen molar-refractivity contribution in [2.75, 3.05) is 0 Å². The van der Waals surface area contributed by atoms with Gasteiger partial charge in [-0.3, -0.25) is 4.79 Å². The maximum absolute atomic E-state index is 13.0. The smallest absolute Gasteiger partial charge is 0.391 e. The molecular formula is C27H31F4NO6. The molecule has 208 valence electrons.